The number of nitrogens with one attached hydrogen (secondary N) is 1. The molecule has 0 amide bonds. The quantitative estimate of drug-likeness (QED) is 0.839. The average Bonchev–Trinajstić information content (AvgIpc) is 2.42. The lowest BCUT2D eigenvalue weighted by Gasteiger charge is -2.28. The standard InChI is InChI=1S/C15H24N2O2S/c1-3-12-4-6-13(7-5-12)17-20(18,19)14-8-9-15(16)11(2)10-14/h8-10,12-13,17H,3-7,16H2,1-2H3. The van der Waals surface area contributed by atoms with E-state index >= 15 is 0 Å². The van der Waals surface area contributed by atoms with Crippen molar-refractivity contribution in [3.8, 4) is 0 Å². The predicted octanol–water partition coefficient (Wildman–Crippen LogP) is 2.82. The Morgan fingerprint density at radius 3 is 2.45 bits per heavy atom. The van der Waals surface area contributed by atoms with Crippen LogP contribution in [0.1, 0.15) is 44.6 Å². The van der Waals surface area contributed by atoms with Gasteiger partial charge < -0.3 is 5.73 Å². The van der Waals surface area contributed by atoms with Gasteiger partial charge in [0.25, 0.3) is 0 Å². The molecule has 0 atom stereocenters. The average molecular weight is 296 g/mol. The molecular weight excluding hydrogens is 272 g/mol. The smallest absolute Gasteiger partial charge is 0.240 e. The molecule has 1 aliphatic carbocycles. The van der Waals surface area contributed by atoms with Crippen LogP contribution in [0, 0.1) is 12.8 Å². The lowest BCUT2D eigenvalue weighted by atomic mass is 9.85. The zero-order valence-corrected chi connectivity index (χ0v) is 13.0. The van der Waals surface area contributed by atoms with Crippen molar-refractivity contribution in [1.29, 1.82) is 0 Å². The second-order valence-corrected chi connectivity index (χ2v) is 7.48. The van der Waals surface area contributed by atoms with Gasteiger partial charge in [0.15, 0.2) is 0 Å². The van der Waals surface area contributed by atoms with Crippen molar-refractivity contribution in [2.45, 2.75) is 56.9 Å². The molecule has 1 aromatic rings. The van der Waals surface area contributed by atoms with Gasteiger partial charge in [0, 0.05) is 11.7 Å². The number of rotatable bonds is 4. The van der Waals surface area contributed by atoms with Crippen molar-refractivity contribution in [2.75, 3.05) is 5.73 Å². The highest BCUT2D eigenvalue weighted by Crippen LogP contribution is 2.27. The van der Waals surface area contributed by atoms with Gasteiger partial charge in [0.05, 0.1) is 4.90 Å². The summed E-state index contributed by atoms with van der Waals surface area (Å²) in [5.74, 6) is 0.759. The molecule has 1 aromatic carbocycles. The Hall–Kier alpha value is -1.07. The third kappa shape index (κ3) is 3.52. The van der Waals surface area contributed by atoms with Gasteiger partial charge in [-0.1, -0.05) is 13.3 Å². The van der Waals surface area contributed by atoms with Gasteiger partial charge >= 0.3 is 0 Å². The van der Waals surface area contributed by atoms with Crippen molar-refractivity contribution >= 4 is 15.7 Å². The second kappa shape index (κ2) is 6.14. The van der Waals surface area contributed by atoms with Gasteiger partial charge in [-0.3, -0.25) is 0 Å². The van der Waals surface area contributed by atoms with E-state index in [4.69, 9.17) is 5.73 Å². The maximum Gasteiger partial charge on any atom is 0.240 e. The minimum absolute atomic E-state index is 0.0701. The highest BCUT2D eigenvalue weighted by Gasteiger charge is 2.25. The van der Waals surface area contributed by atoms with E-state index in [2.05, 4.69) is 11.6 Å². The van der Waals surface area contributed by atoms with Crippen LogP contribution in [0.2, 0.25) is 0 Å². The van der Waals surface area contributed by atoms with Gasteiger partial charge in [0.2, 0.25) is 10.0 Å². The number of nitrogens with two attached hydrogens (primary N) is 1. The SMILES string of the molecule is CCC1CCC(NS(=O)(=O)c2ccc(N)c(C)c2)CC1. The number of nitrogen functional groups attached to an aromatic ring is 1. The molecule has 0 saturated heterocycles. The van der Waals surface area contributed by atoms with Crippen molar-refractivity contribution < 1.29 is 8.42 Å². The lowest BCUT2D eigenvalue weighted by molar-refractivity contribution is 0.306. The molecule has 0 radical (unpaired) electrons. The number of hydrogen-bond donors (Lipinski definition) is 2. The molecule has 112 valence electrons. The first-order valence-electron chi connectivity index (χ1n) is 7.31. The highest BCUT2D eigenvalue weighted by molar-refractivity contribution is 7.89. The molecule has 0 bridgehead atoms. The summed E-state index contributed by atoms with van der Waals surface area (Å²) in [4.78, 5) is 0.307. The molecule has 1 aliphatic rings. The molecular formula is C15H24N2O2S. The third-order valence-corrected chi connectivity index (χ3v) is 5.82. The van der Waals surface area contributed by atoms with E-state index in [1.54, 1.807) is 18.2 Å². The number of benzene rings is 1. The number of sulfonamides is 1. The largest absolute Gasteiger partial charge is 0.399 e. The molecule has 1 fully saturated rings. The maximum atomic E-state index is 12.4. The number of anilines is 1. The van der Waals surface area contributed by atoms with Crippen LogP contribution in [-0.2, 0) is 10.0 Å². The van der Waals surface area contributed by atoms with Crippen LogP contribution in [-0.4, -0.2) is 14.5 Å². The van der Waals surface area contributed by atoms with Gasteiger partial charge in [-0.15, -0.1) is 0 Å². The maximum absolute atomic E-state index is 12.4. The van der Waals surface area contributed by atoms with E-state index in [1.807, 2.05) is 6.92 Å². The normalized spacial score (nSPS) is 23.7. The van der Waals surface area contributed by atoms with E-state index < -0.39 is 10.0 Å². The molecule has 4 nitrogen and oxygen atoms in total. The van der Waals surface area contributed by atoms with Crippen LogP contribution >= 0.6 is 0 Å². The minimum atomic E-state index is -3.43. The molecule has 1 saturated carbocycles. The van der Waals surface area contributed by atoms with E-state index in [0.29, 0.717) is 10.6 Å². The lowest BCUT2D eigenvalue weighted by Crippen LogP contribution is -2.37. The topological polar surface area (TPSA) is 72.2 Å². The van der Waals surface area contributed by atoms with Crippen molar-refractivity contribution in [3.05, 3.63) is 23.8 Å². The molecule has 0 aliphatic heterocycles. The first kappa shape index (κ1) is 15.3. The second-order valence-electron chi connectivity index (χ2n) is 5.77. The van der Waals surface area contributed by atoms with Crippen LogP contribution < -0.4 is 10.5 Å². The predicted molar refractivity (Wildman–Crippen MR) is 81.9 cm³/mol. The van der Waals surface area contributed by atoms with Gasteiger partial charge in [-0.2, -0.15) is 0 Å². The van der Waals surface area contributed by atoms with E-state index in [9.17, 15) is 8.42 Å². The fourth-order valence-corrected chi connectivity index (χ4v) is 4.18. The minimum Gasteiger partial charge on any atom is -0.399 e. The molecule has 2 rings (SSSR count). The Kier molecular flexibility index (Phi) is 4.70. The van der Waals surface area contributed by atoms with Crippen LogP contribution in [0.4, 0.5) is 5.69 Å². The summed E-state index contributed by atoms with van der Waals surface area (Å²) in [6, 6.07) is 4.93. The summed E-state index contributed by atoms with van der Waals surface area (Å²) >= 11 is 0. The van der Waals surface area contributed by atoms with Gasteiger partial charge in [0.1, 0.15) is 0 Å². The van der Waals surface area contributed by atoms with Gasteiger partial charge in [-0.05, 0) is 62.3 Å². The summed E-state index contributed by atoms with van der Waals surface area (Å²) in [6.45, 7) is 4.02. The summed E-state index contributed by atoms with van der Waals surface area (Å²) in [5.41, 5.74) is 7.14. The van der Waals surface area contributed by atoms with Crippen LogP contribution in [0.25, 0.3) is 0 Å². The zero-order valence-electron chi connectivity index (χ0n) is 12.2. The summed E-state index contributed by atoms with van der Waals surface area (Å²) in [5, 5.41) is 0. The van der Waals surface area contributed by atoms with Crippen LogP contribution in [0.3, 0.4) is 0 Å². The molecule has 3 N–H and O–H groups in total. The monoisotopic (exact) mass is 296 g/mol. The summed E-state index contributed by atoms with van der Waals surface area (Å²) in [7, 11) is -3.43. The highest BCUT2D eigenvalue weighted by atomic mass is 32.2. The Morgan fingerprint density at radius 2 is 1.90 bits per heavy atom. The summed E-state index contributed by atoms with van der Waals surface area (Å²) < 4.78 is 27.6. The Morgan fingerprint density at radius 1 is 1.25 bits per heavy atom. The van der Waals surface area contributed by atoms with Crippen molar-refractivity contribution in [1.82, 2.24) is 4.72 Å². The molecule has 0 unspecified atom stereocenters. The molecule has 20 heavy (non-hydrogen) atoms. The van der Waals surface area contributed by atoms with Crippen molar-refractivity contribution in [2.24, 2.45) is 5.92 Å². The fraction of sp³-hybridized carbons (Fsp3) is 0.600. The van der Waals surface area contributed by atoms with Crippen LogP contribution in [0.5, 0.6) is 0 Å². The third-order valence-electron chi connectivity index (χ3n) is 4.30. The van der Waals surface area contributed by atoms with Gasteiger partial charge in [-0.25, -0.2) is 13.1 Å². The first-order chi connectivity index (χ1) is 9.42. The first-order valence-corrected chi connectivity index (χ1v) is 8.79. The molecule has 0 aromatic heterocycles. The van der Waals surface area contributed by atoms with E-state index in [-0.39, 0.29) is 6.04 Å². The van der Waals surface area contributed by atoms with E-state index in [1.165, 1.54) is 6.42 Å². The Labute approximate surface area is 121 Å². The Balaban J connectivity index is 2.06. The van der Waals surface area contributed by atoms with Crippen molar-refractivity contribution in [3.63, 3.8) is 0 Å². The summed E-state index contributed by atoms with van der Waals surface area (Å²) in [6.07, 6.45) is 5.29. The molecule has 5 heteroatoms. The Bertz CT molecular complexity index is 561. The fourth-order valence-electron chi connectivity index (χ4n) is 2.79. The molecule has 0 spiro atoms. The zero-order chi connectivity index (χ0) is 14.8. The van der Waals surface area contributed by atoms with Crippen LogP contribution in [0.15, 0.2) is 23.1 Å². The van der Waals surface area contributed by atoms with E-state index in [0.717, 1.165) is 37.2 Å². The molecule has 0 heterocycles. The number of hydrogen-bond acceptors (Lipinski definition) is 3. The number of aryl methyl sites for hydroxylation is 1.